The van der Waals surface area contributed by atoms with Crippen LogP contribution in [0.2, 0.25) is 5.02 Å². The van der Waals surface area contributed by atoms with E-state index < -0.39 is 5.60 Å². The van der Waals surface area contributed by atoms with Gasteiger partial charge in [0, 0.05) is 25.7 Å². The molecule has 2 rings (SSSR count). The van der Waals surface area contributed by atoms with Crippen molar-refractivity contribution in [1.29, 1.82) is 5.26 Å². The van der Waals surface area contributed by atoms with Gasteiger partial charge in [-0.15, -0.1) is 0 Å². The van der Waals surface area contributed by atoms with Gasteiger partial charge in [-0.05, 0) is 39.8 Å². The molecule has 0 spiro atoms. The molecule has 1 aliphatic heterocycles. The van der Waals surface area contributed by atoms with Gasteiger partial charge in [-0.2, -0.15) is 5.26 Å². The number of nitrogens with zero attached hydrogens (tertiary/aromatic N) is 4. The van der Waals surface area contributed by atoms with E-state index in [0.717, 1.165) is 0 Å². The number of aromatic nitrogens is 1. The van der Waals surface area contributed by atoms with Crippen LogP contribution in [-0.4, -0.2) is 47.3 Å². The van der Waals surface area contributed by atoms with Crippen LogP contribution in [0.25, 0.3) is 0 Å². The minimum Gasteiger partial charge on any atom is -0.444 e. The van der Waals surface area contributed by atoms with Crippen molar-refractivity contribution >= 4 is 23.5 Å². The Labute approximate surface area is 141 Å². The van der Waals surface area contributed by atoms with Gasteiger partial charge in [0.1, 0.15) is 23.2 Å². The highest BCUT2D eigenvalue weighted by Gasteiger charge is 2.31. The summed E-state index contributed by atoms with van der Waals surface area (Å²) in [6, 6.07) is 5.31. The monoisotopic (exact) mass is 336 g/mol. The maximum Gasteiger partial charge on any atom is 0.410 e. The summed E-state index contributed by atoms with van der Waals surface area (Å²) in [7, 11) is 0. The molecular weight excluding hydrogens is 316 g/mol. The first-order chi connectivity index (χ1) is 10.7. The third-order valence-corrected chi connectivity index (χ3v) is 3.79. The first kappa shape index (κ1) is 17.4. The summed E-state index contributed by atoms with van der Waals surface area (Å²) < 4.78 is 5.41. The van der Waals surface area contributed by atoms with Crippen molar-refractivity contribution in [2.45, 2.75) is 39.3 Å². The van der Waals surface area contributed by atoms with E-state index in [1.165, 1.54) is 0 Å². The molecule has 0 radical (unpaired) electrons. The fourth-order valence-electron chi connectivity index (χ4n) is 2.46. The molecule has 1 aromatic heterocycles. The summed E-state index contributed by atoms with van der Waals surface area (Å²) in [6.45, 7) is 9.17. The molecule has 1 fully saturated rings. The Morgan fingerprint density at radius 3 is 2.70 bits per heavy atom. The van der Waals surface area contributed by atoms with Gasteiger partial charge in [-0.1, -0.05) is 11.6 Å². The summed E-state index contributed by atoms with van der Waals surface area (Å²) >= 11 is 6.22. The van der Waals surface area contributed by atoms with Crippen molar-refractivity contribution in [3.8, 4) is 6.07 Å². The Bertz CT molecular complexity index is 636. The smallest absolute Gasteiger partial charge is 0.410 e. The molecule has 23 heavy (non-hydrogen) atoms. The lowest BCUT2D eigenvalue weighted by molar-refractivity contribution is 0.0218. The molecule has 1 unspecified atom stereocenters. The van der Waals surface area contributed by atoms with E-state index >= 15 is 0 Å². The van der Waals surface area contributed by atoms with Crippen LogP contribution in [0.5, 0.6) is 0 Å². The molecule has 0 aromatic carbocycles. The number of nitriles is 1. The second-order valence-corrected chi connectivity index (χ2v) is 6.99. The van der Waals surface area contributed by atoms with Crippen LogP contribution < -0.4 is 4.90 Å². The number of amides is 1. The van der Waals surface area contributed by atoms with E-state index in [4.69, 9.17) is 21.6 Å². The summed E-state index contributed by atoms with van der Waals surface area (Å²) in [4.78, 5) is 20.2. The lowest BCUT2D eigenvalue weighted by Crippen LogP contribution is -2.55. The number of hydrogen-bond acceptors (Lipinski definition) is 5. The number of carbonyl (C=O) groups is 1. The Hall–Kier alpha value is -2.00. The van der Waals surface area contributed by atoms with Gasteiger partial charge >= 0.3 is 6.09 Å². The standard InChI is InChI=1S/C16H21ClN4O2/c1-11-10-20(15(22)23-16(2,3)4)7-8-21(11)14-13(17)6-5-12(9-18)19-14/h5-6,11H,7-8,10H2,1-4H3. The number of carbonyl (C=O) groups excluding carboxylic acids is 1. The third-order valence-electron chi connectivity index (χ3n) is 3.49. The Morgan fingerprint density at radius 2 is 2.13 bits per heavy atom. The van der Waals surface area contributed by atoms with E-state index in [9.17, 15) is 4.79 Å². The number of hydrogen-bond donors (Lipinski definition) is 0. The second kappa shape index (κ2) is 6.63. The van der Waals surface area contributed by atoms with Crippen molar-refractivity contribution in [2.75, 3.05) is 24.5 Å². The SMILES string of the molecule is CC1CN(C(=O)OC(C)(C)C)CCN1c1nc(C#N)ccc1Cl. The number of rotatable bonds is 1. The molecule has 1 amide bonds. The van der Waals surface area contributed by atoms with Crippen molar-refractivity contribution in [1.82, 2.24) is 9.88 Å². The molecule has 1 atom stereocenters. The van der Waals surface area contributed by atoms with Gasteiger partial charge in [0.25, 0.3) is 0 Å². The molecule has 0 N–H and O–H groups in total. The van der Waals surface area contributed by atoms with Crippen molar-refractivity contribution < 1.29 is 9.53 Å². The largest absolute Gasteiger partial charge is 0.444 e. The minimum atomic E-state index is -0.510. The quantitative estimate of drug-likeness (QED) is 0.788. The molecule has 0 bridgehead atoms. The third kappa shape index (κ3) is 4.26. The Kier molecular flexibility index (Phi) is 5.00. The van der Waals surface area contributed by atoms with Gasteiger partial charge in [0.05, 0.1) is 5.02 Å². The first-order valence-corrected chi connectivity index (χ1v) is 7.90. The zero-order valence-electron chi connectivity index (χ0n) is 13.8. The van der Waals surface area contributed by atoms with Crippen LogP contribution in [-0.2, 0) is 4.74 Å². The fraction of sp³-hybridized carbons (Fsp3) is 0.562. The predicted molar refractivity (Wildman–Crippen MR) is 88.6 cm³/mol. The number of anilines is 1. The topological polar surface area (TPSA) is 69.5 Å². The molecule has 0 saturated carbocycles. The number of piperazine rings is 1. The zero-order chi connectivity index (χ0) is 17.2. The molecule has 124 valence electrons. The van der Waals surface area contributed by atoms with Gasteiger partial charge in [-0.3, -0.25) is 0 Å². The molecular formula is C16H21ClN4O2. The highest BCUT2D eigenvalue weighted by atomic mass is 35.5. The van der Waals surface area contributed by atoms with Crippen LogP contribution in [0.4, 0.5) is 10.6 Å². The van der Waals surface area contributed by atoms with Crippen LogP contribution in [0.15, 0.2) is 12.1 Å². The van der Waals surface area contributed by atoms with Crippen LogP contribution in [0.1, 0.15) is 33.4 Å². The maximum absolute atomic E-state index is 12.2. The summed E-state index contributed by atoms with van der Waals surface area (Å²) in [5.41, 5.74) is -0.185. The van der Waals surface area contributed by atoms with Gasteiger partial charge in [0.15, 0.2) is 0 Å². The second-order valence-electron chi connectivity index (χ2n) is 6.58. The fourth-order valence-corrected chi connectivity index (χ4v) is 2.67. The highest BCUT2D eigenvalue weighted by Crippen LogP contribution is 2.27. The van der Waals surface area contributed by atoms with Gasteiger partial charge in [0.2, 0.25) is 0 Å². The highest BCUT2D eigenvalue weighted by molar-refractivity contribution is 6.33. The molecule has 1 aliphatic rings. The zero-order valence-corrected chi connectivity index (χ0v) is 14.6. The van der Waals surface area contributed by atoms with Crippen LogP contribution in [0, 0.1) is 11.3 Å². The van der Waals surface area contributed by atoms with Crippen molar-refractivity contribution in [3.63, 3.8) is 0 Å². The average Bonchev–Trinajstić information content (AvgIpc) is 2.46. The molecule has 1 aromatic rings. The summed E-state index contributed by atoms with van der Waals surface area (Å²) in [5, 5.41) is 9.50. The number of ether oxygens (including phenoxy) is 1. The van der Waals surface area contributed by atoms with Crippen molar-refractivity contribution in [2.24, 2.45) is 0 Å². The maximum atomic E-state index is 12.2. The van der Waals surface area contributed by atoms with Crippen molar-refractivity contribution in [3.05, 3.63) is 22.8 Å². The molecule has 1 saturated heterocycles. The van der Waals surface area contributed by atoms with E-state index in [-0.39, 0.29) is 12.1 Å². The molecule has 6 nitrogen and oxygen atoms in total. The van der Waals surface area contributed by atoms with E-state index in [0.29, 0.717) is 36.2 Å². The van der Waals surface area contributed by atoms with Crippen LogP contribution in [0.3, 0.4) is 0 Å². The predicted octanol–water partition coefficient (Wildman–Crippen LogP) is 3.05. The molecule has 2 heterocycles. The lowest BCUT2D eigenvalue weighted by Gasteiger charge is -2.41. The average molecular weight is 337 g/mol. The summed E-state index contributed by atoms with van der Waals surface area (Å²) in [6.07, 6.45) is -0.311. The van der Waals surface area contributed by atoms with E-state index in [1.54, 1.807) is 17.0 Å². The lowest BCUT2D eigenvalue weighted by atomic mass is 10.2. The number of pyridine rings is 1. The van der Waals surface area contributed by atoms with Gasteiger partial charge < -0.3 is 14.5 Å². The Balaban J connectivity index is 2.11. The van der Waals surface area contributed by atoms with E-state index in [1.807, 2.05) is 38.7 Å². The first-order valence-electron chi connectivity index (χ1n) is 7.52. The molecule has 7 heteroatoms. The molecule has 0 aliphatic carbocycles. The number of halogens is 1. The minimum absolute atomic E-state index is 0.0233. The van der Waals surface area contributed by atoms with Gasteiger partial charge in [-0.25, -0.2) is 9.78 Å². The van der Waals surface area contributed by atoms with E-state index in [2.05, 4.69) is 4.98 Å². The Morgan fingerprint density at radius 1 is 1.43 bits per heavy atom. The summed E-state index contributed by atoms with van der Waals surface area (Å²) in [5.74, 6) is 0.585. The normalized spacial score (nSPS) is 18.5. The van der Waals surface area contributed by atoms with Crippen LogP contribution >= 0.6 is 11.6 Å².